The van der Waals surface area contributed by atoms with Gasteiger partial charge in [0.1, 0.15) is 22.7 Å². The first-order valence-corrected chi connectivity index (χ1v) is 6.99. The van der Waals surface area contributed by atoms with E-state index in [1.54, 1.807) is 0 Å². The zero-order valence-electron chi connectivity index (χ0n) is 10.9. The van der Waals surface area contributed by atoms with E-state index < -0.39 is 23.6 Å². The van der Waals surface area contributed by atoms with Crippen LogP contribution in [0.5, 0.6) is 0 Å². The maximum absolute atomic E-state index is 13.9. The number of carbonyl (C=O) groups is 1. The number of aryl methyl sites for hydroxylation is 1. The molecule has 1 aromatic carbocycles. The van der Waals surface area contributed by atoms with Crippen molar-refractivity contribution >= 4 is 17.2 Å². The van der Waals surface area contributed by atoms with Crippen molar-refractivity contribution in [1.29, 1.82) is 5.26 Å². The van der Waals surface area contributed by atoms with Gasteiger partial charge in [0.05, 0.1) is 18.2 Å². The van der Waals surface area contributed by atoms with Crippen LogP contribution in [0.4, 0.5) is 8.78 Å². The van der Waals surface area contributed by atoms with Crippen LogP contribution in [0.2, 0.25) is 0 Å². The highest BCUT2D eigenvalue weighted by atomic mass is 32.1. The second kappa shape index (κ2) is 4.90. The molecule has 106 valence electrons. The minimum atomic E-state index is -1.06. The van der Waals surface area contributed by atoms with E-state index in [0.717, 1.165) is 11.8 Å². The molecule has 0 saturated carbocycles. The van der Waals surface area contributed by atoms with E-state index in [2.05, 4.69) is 4.98 Å². The average molecular weight is 305 g/mol. The molecular weight excluding hydrogens is 296 g/mol. The van der Waals surface area contributed by atoms with Gasteiger partial charge < -0.3 is 4.90 Å². The summed E-state index contributed by atoms with van der Waals surface area (Å²) in [5.74, 6) is -2.26. The second-order valence-corrected chi connectivity index (χ2v) is 5.64. The third-order valence-corrected chi connectivity index (χ3v) is 4.22. The van der Waals surface area contributed by atoms with Gasteiger partial charge in [0, 0.05) is 22.7 Å². The number of amides is 1. The van der Waals surface area contributed by atoms with Crippen molar-refractivity contribution in [2.75, 3.05) is 0 Å². The summed E-state index contributed by atoms with van der Waals surface area (Å²) in [4.78, 5) is 17.7. The van der Waals surface area contributed by atoms with Crippen LogP contribution >= 0.6 is 11.3 Å². The van der Waals surface area contributed by atoms with Crippen LogP contribution < -0.4 is 0 Å². The summed E-state index contributed by atoms with van der Waals surface area (Å²) in [7, 11) is 0. The standard InChI is InChI=1S/C14H9F2N3OS/c1-7-6-21-12(18-7)5-19-11(4-17)13-9(14(19)20)2-8(15)3-10(13)16/h2-3,6,11H,5H2,1H3. The molecule has 2 aromatic rings. The number of nitriles is 1. The topological polar surface area (TPSA) is 57.0 Å². The number of fused-ring (bicyclic) bond motifs is 1. The molecular formula is C14H9F2N3OS. The fourth-order valence-electron chi connectivity index (χ4n) is 2.39. The predicted octanol–water partition coefficient (Wildman–Crippen LogP) is 2.95. The first-order valence-electron chi connectivity index (χ1n) is 6.12. The maximum Gasteiger partial charge on any atom is 0.256 e. The lowest BCUT2D eigenvalue weighted by atomic mass is 10.0. The summed E-state index contributed by atoms with van der Waals surface area (Å²) < 4.78 is 27.2. The normalized spacial score (nSPS) is 17.0. The number of nitrogens with zero attached hydrogens (tertiary/aromatic N) is 3. The Balaban J connectivity index is 2.03. The van der Waals surface area contributed by atoms with E-state index in [0.29, 0.717) is 11.1 Å². The number of hydrogen-bond acceptors (Lipinski definition) is 4. The van der Waals surface area contributed by atoms with Crippen LogP contribution in [-0.4, -0.2) is 15.8 Å². The van der Waals surface area contributed by atoms with E-state index >= 15 is 0 Å². The first kappa shape index (κ1) is 13.6. The fraction of sp³-hybridized carbons (Fsp3) is 0.214. The lowest BCUT2D eigenvalue weighted by Gasteiger charge is -2.18. The Morgan fingerprint density at radius 3 is 2.86 bits per heavy atom. The van der Waals surface area contributed by atoms with Gasteiger partial charge in [-0.1, -0.05) is 0 Å². The molecule has 0 bridgehead atoms. The third kappa shape index (κ3) is 2.17. The number of benzene rings is 1. The average Bonchev–Trinajstić information content (AvgIpc) is 2.94. The van der Waals surface area contributed by atoms with Crippen molar-refractivity contribution in [2.24, 2.45) is 0 Å². The largest absolute Gasteiger partial charge is 0.312 e. The molecule has 0 fully saturated rings. The van der Waals surface area contributed by atoms with Crippen molar-refractivity contribution < 1.29 is 13.6 Å². The van der Waals surface area contributed by atoms with Gasteiger partial charge in [0.2, 0.25) is 0 Å². The molecule has 0 aliphatic carbocycles. The van der Waals surface area contributed by atoms with E-state index in [1.807, 2.05) is 18.4 Å². The minimum Gasteiger partial charge on any atom is -0.312 e. The van der Waals surface area contributed by atoms with Crippen molar-refractivity contribution in [2.45, 2.75) is 19.5 Å². The quantitative estimate of drug-likeness (QED) is 0.857. The number of aromatic nitrogens is 1. The molecule has 1 aromatic heterocycles. The Hall–Kier alpha value is -2.33. The molecule has 0 N–H and O–H groups in total. The number of halogens is 2. The lowest BCUT2D eigenvalue weighted by Crippen LogP contribution is -2.26. The van der Waals surface area contributed by atoms with Gasteiger partial charge in [-0.3, -0.25) is 4.79 Å². The Morgan fingerprint density at radius 2 is 2.24 bits per heavy atom. The smallest absolute Gasteiger partial charge is 0.256 e. The predicted molar refractivity (Wildman–Crippen MR) is 71.4 cm³/mol. The van der Waals surface area contributed by atoms with E-state index in [1.165, 1.54) is 16.2 Å². The molecule has 1 atom stereocenters. The molecule has 0 radical (unpaired) electrons. The van der Waals surface area contributed by atoms with Gasteiger partial charge in [-0.25, -0.2) is 13.8 Å². The van der Waals surface area contributed by atoms with Crippen LogP contribution in [0, 0.1) is 29.9 Å². The Morgan fingerprint density at radius 1 is 1.48 bits per heavy atom. The third-order valence-electron chi connectivity index (χ3n) is 3.27. The van der Waals surface area contributed by atoms with Crippen molar-refractivity contribution in [3.63, 3.8) is 0 Å². The van der Waals surface area contributed by atoms with Gasteiger partial charge in [-0.15, -0.1) is 11.3 Å². The second-order valence-electron chi connectivity index (χ2n) is 4.70. The van der Waals surface area contributed by atoms with Crippen LogP contribution in [0.25, 0.3) is 0 Å². The summed E-state index contributed by atoms with van der Waals surface area (Å²) in [6.45, 7) is 1.92. The lowest BCUT2D eigenvalue weighted by molar-refractivity contribution is 0.0743. The van der Waals surface area contributed by atoms with Gasteiger partial charge >= 0.3 is 0 Å². The highest BCUT2D eigenvalue weighted by molar-refractivity contribution is 7.09. The summed E-state index contributed by atoms with van der Waals surface area (Å²) >= 11 is 1.35. The summed E-state index contributed by atoms with van der Waals surface area (Å²) in [5, 5.41) is 11.7. The van der Waals surface area contributed by atoms with Gasteiger partial charge in [0.15, 0.2) is 0 Å². The van der Waals surface area contributed by atoms with Gasteiger partial charge in [-0.05, 0) is 13.0 Å². The van der Waals surface area contributed by atoms with Crippen molar-refractivity contribution in [3.8, 4) is 6.07 Å². The molecule has 1 aliphatic rings. The summed E-state index contributed by atoms with van der Waals surface area (Å²) in [6, 6.07) is 2.51. The SMILES string of the molecule is Cc1csc(CN2C(=O)c3cc(F)cc(F)c3C2C#N)n1. The van der Waals surface area contributed by atoms with E-state index in [-0.39, 0.29) is 17.7 Å². The Labute approximate surface area is 123 Å². The van der Waals surface area contributed by atoms with Crippen LogP contribution in [-0.2, 0) is 6.54 Å². The molecule has 1 unspecified atom stereocenters. The molecule has 0 saturated heterocycles. The zero-order valence-corrected chi connectivity index (χ0v) is 11.7. The number of hydrogen-bond donors (Lipinski definition) is 0. The Bertz CT molecular complexity index is 781. The van der Waals surface area contributed by atoms with E-state index in [4.69, 9.17) is 0 Å². The van der Waals surface area contributed by atoms with Crippen LogP contribution in [0.3, 0.4) is 0 Å². The number of rotatable bonds is 2. The molecule has 4 nitrogen and oxygen atoms in total. The zero-order chi connectivity index (χ0) is 15.1. The molecule has 0 spiro atoms. The molecule has 2 heterocycles. The highest BCUT2D eigenvalue weighted by Crippen LogP contribution is 2.36. The Kier molecular flexibility index (Phi) is 3.18. The molecule has 1 aliphatic heterocycles. The van der Waals surface area contributed by atoms with Gasteiger partial charge in [-0.2, -0.15) is 5.26 Å². The van der Waals surface area contributed by atoms with Crippen LogP contribution in [0.15, 0.2) is 17.5 Å². The van der Waals surface area contributed by atoms with E-state index in [9.17, 15) is 18.8 Å². The summed E-state index contributed by atoms with van der Waals surface area (Å²) in [5.41, 5.74) is 0.661. The number of carbonyl (C=O) groups excluding carboxylic acids is 1. The molecule has 21 heavy (non-hydrogen) atoms. The van der Waals surface area contributed by atoms with Gasteiger partial charge in [0.25, 0.3) is 5.91 Å². The molecule has 7 heteroatoms. The minimum absolute atomic E-state index is 0.0582. The summed E-state index contributed by atoms with van der Waals surface area (Å²) in [6.07, 6.45) is 0. The molecule has 3 rings (SSSR count). The molecule has 1 amide bonds. The highest BCUT2D eigenvalue weighted by Gasteiger charge is 2.40. The monoisotopic (exact) mass is 305 g/mol. The maximum atomic E-state index is 13.9. The first-order chi connectivity index (χ1) is 10.0. The fourth-order valence-corrected chi connectivity index (χ4v) is 3.16. The number of thiazole rings is 1. The van der Waals surface area contributed by atoms with Crippen LogP contribution in [0.1, 0.15) is 32.7 Å². The van der Waals surface area contributed by atoms with Crippen molar-refractivity contribution in [3.05, 3.63) is 51.0 Å². The van der Waals surface area contributed by atoms with Crippen molar-refractivity contribution in [1.82, 2.24) is 9.88 Å².